The van der Waals surface area contributed by atoms with E-state index in [2.05, 4.69) is 4.98 Å². The van der Waals surface area contributed by atoms with Gasteiger partial charge >= 0.3 is 0 Å². The van der Waals surface area contributed by atoms with Crippen LogP contribution in [0.3, 0.4) is 0 Å². The van der Waals surface area contributed by atoms with Crippen molar-refractivity contribution in [1.82, 2.24) is 9.88 Å². The lowest BCUT2D eigenvalue weighted by molar-refractivity contribution is 0.0633. The van der Waals surface area contributed by atoms with Gasteiger partial charge in [-0.1, -0.05) is 0 Å². The average Bonchev–Trinajstić information content (AvgIpc) is 2.67. The van der Waals surface area contributed by atoms with Crippen LogP contribution in [0.4, 0.5) is 5.82 Å². The highest BCUT2D eigenvalue weighted by molar-refractivity contribution is 5.94. The first-order chi connectivity index (χ1) is 12.2. The molecule has 0 spiro atoms. The first kappa shape index (κ1) is 17.1. The summed E-state index contributed by atoms with van der Waals surface area (Å²) in [6.07, 6.45) is 3.57. The Hall–Kier alpha value is -2.76. The first-order valence-corrected chi connectivity index (χ1v) is 8.43. The number of rotatable bonds is 5. The van der Waals surface area contributed by atoms with E-state index in [1.54, 1.807) is 19.2 Å². The SMILES string of the molecule is COc1ccc(OCC2CCCN(C(=O)c3ccc(N)nc3)C2)cc1. The Morgan fingerprint density at radius 2 is 2.00 bits per heavy atom. The van der Waals surface area contributed by atoms with Gasteiger partial charge in [-0.15, -0.1) is 0 Å². The second-order valence-electron chi connectivity index (χ2n) is 6.22. The second-order valence-corrected chi connectivity index (χ2v) is 6.22. The fourth-order valence-electron chi connectivity index (χ4n) is 2.99. The third-order valence-electron chi connectivity index (χ3n) is 4.38. The molecule has 6 heteroatoms. The number of pyridine rings is 1. The predicted octanol–water partition coefficient (Wildman–Crippen LogP) is 2.60. The van der Waals surface area contributed by atoms with Gasteiger partial charge in [0.25, 0.3) is 5.91 Å². The van der Waals surface area contributed by atoms with Crippen LogP contribution in [0.2, 0.25) is 0 Å². The number of hydrogen-bond acceptors (Lipinski definition) is 5. The molecule has 2 heterocycles. The van der Waals surface area contributed by atoms with Gasteiger partial charge in [0.15, 0.2) is 0 Å². The van der Waals surface area contributed by atoms with E-state index < -0.39 is 0 Å². The van der Waals surface area contributed by atoms with Gasteiger partial charge in [-0.3, -0.25) is 4.79 Å². The number of nitrogens with zero attached hydrogens (tertiary/aromatic N) is 2. The highest BCUT2D eigenvalue weighted by atomic mass is 16.5. The molecule has 0 radical (unpaired) electrons. The van der Waals surface area contributed by atoms with Crippen molar-refractivity contribution in [3.63, 3.8) is 0 Å². The van der Waals surface area contributed by atoms with Gasteiger partial charge in [-0.2, -0.15) is 0 Å². The quantitative estimate of drug-likeness (QED) is 0.904. The molecular weight excluding hydrogens is 318 g/mol. The summed E-state index contributed by atoms with van der Waals surface area (Å²) in [5.74, 6) is 2.36. The third kappa shape index (κ3) is 4.41. The van der Waals surface area contributed by atoms with Gasteiger partial charge < -0.3 is 20.1 Å². The largest absolute Gasteiger partial charge is 0.497 e. The van der Waals surface area contributed by atoms with E-state index in [9.17, 15) is 4.79 Å². The maximum atomic E-state index is 12.6. The number of anilines is 1. The van der Waals surface area contributed by atoms with Crippen molar-refractivity contribution < 1.29 is 14.3 Å². The lowest BCUT2D eigenvalue weighted by Gasteiger charge is -2.32. The number of benzene rings is 1. The minimum absolute atomic E-state index is 0.00153. The Morgan fingerprint density at radius 1 is 1.24 bits per heavy atom. The molecule has 1 unspecified atom stereocenters. The summed E-state index contributed by atoms with van der Waals surface area (Å²) in [5.41, 5.74) is 6.15. The Balaban J connectivity index is 1.55. The van der Waals surface area contributed by atoms with E-state index in [4.69, 9.17) is 15.2 Å². The highest BCUT2D eigenvalue weighted by Gasteiger charge is 2.25. The molecule has 0 bridgehead atoms. The standard InChI is InChI=1S/C19H23N3O3/c1-24-16-5-7-17(8-6-16)25-13-14-3-2-10-22(12-14)19(23)15-4-9-18(20)21-11-15/h4-9,11,14H,2-3,10,12-13H2,1H3,(H2,20,21). The minimum atomic E-state index is 0.00153. The van der Waals surface area contributed by atoms with Gasteiger partial charge in [0.1, 0.15) is 17.3 Å². The van der Waals surface area contributed by atoms with Gasteiger partial charge in [0, 0.05) is 25.2 Å². The molecule has 6 nitrogen and oxygen atoms in total. The van der Waals surface area contributed by atoms with Crippen molar-refractivity contribution in [3.8, 4) is 11.5 Å². The van der Waals surface area contributed by atoms with Crippen LogP contribution in [0.5, 0.6) is 11.5 Å². The summed E-state index contributed by atoms with van der Waals surface area (Å²) >= 11 is 0. The summed E-state index contributed by atoms with van der Waals surface area (Å²) < 4.78 is 11.0. The van der Waals surface area contributed by atoms with Crippen LogP contribution in [0.15, 0.2) is 42.6 Å². The molecule has 1 aliphatic heterocycles. The number of hydrogen-bond donors (Lipinski definition) is 1. The molecule has 2 N–H and O–H groups in total. The van der Waals surface area contributed by atoms with Gasteiger partial charge in [-0.05, 0) is 49.2 Å². The minimum Gasteiger partial charge on any atom is -0.497 e. The van der Waals surface area contributed by atoms with Gasteiger partial charge in [-0.25, -0.2) is 4.98 Å². The summed E-state index contributed by atoms with van der Waals surface area (Å²) in [6.45, 7) is 2.05. The summed E-state index contributed by atoms with van der Waals surface area (Å²) in [7, 11) is 1.64. The maximum absolute atomic E-state index is 12.6. The fraction of sp³-hybridized carbons (Fsp3) is 0.368. The zero-order valence-electron chi connectivity index (χ0n) is 14.4. The number of ether oxygens (including phenoxy) is 2. The van der Waals surface area contributed by atoms with E-state index in [1.165, 1.54) is 6.20 Å². The molecule has 25 heavy (non-hydrogen) atoms. The summed E-state index contributed by atoms with van der Waals surface area (Å²) in [4.78, 5) is 18.5. The molecule has 1 aromatic heterocycles. The average molecular weight is 341 g/mol. The van der Waals surface area contributed by atoms with Crippen LogP contribution in [-0.2, 0) is 0 Å². The number of likely N-dealkylation sites (tertiary alicyclic amines) is 1. The Kier molecular flexibility index (Phi) is 5.38. The predicted molar refractivity (Wildman–Crippen MR) is 95.8 cm³/mol. The molecule has 132 valence electrons. The van der Waals surface area contributed by atoms with Crippen LogP contribution in [0, 0.1) is 5.92 Å². The van der Waals surface area contributed by atoms with Crippen molar-refractivity contribution in [2.24, 2.45) is 5.92 Å². The van der Waals surface area contributed by atoms with E-state index in [0.29, 0.717) is 30.5 Å². The van der Waals surface area contributed by atoms with Crippen LogP contribution >= 0.6 is 0 Å². The first-order valence-electron chi connectivity index (χ1n) is 8.43. The van der Waals surface area contributed by atoms with Crippen molar-refractivity contribution in [3.05, 3.63) is 48.2 Å². The molecule has 1 aliphatic rings. The Labute approximate surface area is 147 Å². The Morgan fingerprint density at radius 3 is 2.68 bits per heavy atom. The molecule has 0 saturated carbocycles. The number of methoxy groups -OCH3 is 1. The normalized spacial score (nSPS) is 17.2. The zero-order chi connectivity index (χ0) is 17.6. The second kappa shape index (κ2) is 7.88. The number of aromatic nitrogens is 1. The molecule has 1 fully saturated rings. The third-order valence-corrected chi connectivity index (χ3v) is 4.38. The lowest BCUT2D eigenvalue weighted by Crippen LogP contribution is -2.41. The topological polar surface area (TPSA) is 77.7 Å². The van der Waals surface area contributed by atoms with E-state index >= 15 is 0 Å². The van der Waals surface area contributed by atoms with E-state index in [0.717, 1.165) is 30.9 Å². The number of carbonyl (C=O) groups excluding carboxylic acids is 1. The number of carbonyl (C=O) groups is 1. The monoisotopic (exact) mass is 341 g/mol. The van der Waals surface area contributed by atoms with Crippen molar-refractivity contribution >= 4 is 11.7 Å². The molecule has 2 aromatic rings. The summed E-state index contributed by atoms with van der Waals surface area (Å²) in [6, 6.07) is 10.9. The Bertz CT molecular complexity index is 701. The molecule has 3 rings (SSSR count). The molecule has 0 aliphatic carbocycles. The molecule has 1 saturated heterocycles. The number of nitrogens with two attached hydrogens (primary N) is 1. The molecular formula is C19H23N3O3. The van der Waals surface area contributed by atoms with Gasteiger partial charge in [0.05, 0.1) is 19.3 Å². The number of piperidine rings is 1. The van der Waals surface area contributed by atoms with Crippen molar-refractivity contribution in [2.75, 3.05) is 32.5 Å². The number of nitrogen functional groups attached to an aromatic ring is 1. The summed E-state index contributed by atoms with van der Waals surface area (Å²) in [5, 5.41) is 0. The molecule has 1 atom stereocenters. The fourth-order valence-corrected chi connectivity index (χ4v) is 2.99. The van der Waals surface area contributed by atoms with Crippen molar-refractivity contribution in [2.45, 2.75) is 12.8 Å². The smallest absolute Gasteiger partial charge is 0.255 e. The zero-order valence-corrected chi connectivity index (χ0v) is 14.4. The van der Waals surface area contributed by atoms with Crippen LogP contribution in [0.1, 0.15) is 23.2 Å². The van der Waals surface area contributed by atoms with E-state index in [-0.39, 0.29) is 5.91 Å². The van der Waals surface area contributed by atoms with Crippen LogP contribution < -0.4 is 15.2 Å². The lowest BCUT2D eigenvalue weighted by atomic mass is 9.98. The van der Waals surface area contributed by atoms with Crippen LogP contribution in [-0.4, -0.2) is 42.6 Å². The highest BCUT2D eigenvalue weighted by Crippen LogP contribution is 2.22. The molecule has 1 aromatic carbocycles. The van der Waals surface area contributed by atoms with E-state index in [1.807, 2.05) is 29.2 Å². The maximum Gasteiger partial charge on any atom is 0.255 e. The van der Waals surface area contributed by atoms with Crippen LogP contribution in [0.25, 0.3) is 0 Å². The number of amides is 1. The van der Waals surface area contributed by atoms with Gasteiger partial charge in [0.2, 0.25) is 0 Å². The van der Waals surface area contributed by atoms with Crippen molar-refractivity contribution in [1.29, 1.82) is 0 Å². The molecule has 1 amide bonds.